The predicted molar refractivity (Wildman–Crippen MR) is 338 cm³/mol. The first-order valence-electron chi connectivity index (χ1n) is 27.6. The number of nitrogens with zero attached hydrogens (tertiary/aromatic N) is 1. The van der Waals surface area contributed by atoms with Gasteiger partial charge in [-0.3, -0.25) is 0 Å². The van der Waals surface area contributed by atoms with Crippen molar-refractivity contribution in [3.63, 3.8) is 0 Å². The molecule has 0 atom stereocenters. The summed E-state index contributed by atoms with van der Waals surface area (Å²) in [6, 6.07) is 108. The smallest absolute Gasteiger partial charge is 0.143 e. The number of furan rings is 2. The molecule has 81 heavy (non-hydrogen) atoms. The van der Waals surface area contributed by atoms with Crippen LogP contribution >= 0.6 is 11.3 Å². The third-order valence-electron chi connectivity index (χ3n) is 16.6. The van der Waals surface area contributed by atoms with Crippen molar-refractivity contribution in [1.82, 2.24) is 0 Å². The normalized spacial score (nSPS) is 12.5. The van der Waals surface area contributed by atoms with Crippen LogP contribution in [0.1, 0.15) is 22.3 Å². The highest BCUT2D eigenvalue weighted by molar-refractivity contribution is 7.20. The Balaban J connectivity index is 0.945. The molecule has 0 amide bonds. The van der Waals surface area contributed by atoms with E-state index in [0.29, 0.717) is 0 Å². The quantitative estimate of drug-likeness (QED) is 0.137. The molecule has 0 spiro atoms. The van der Waals surface area contributed by atoms with Crippen molar-refractivity contribution in [1.29, 1.82) is 0 Å². The summed E-state index contributed by atoms with van der Waals surface area (Å²) in [5.41, 5.74) is 22.4. The Labute approximate surface area is 473 Å². The van der Waals surface area contributed by atoms with E-state index in [-0.39, 0.29) is 0 Å². The zero-order valence-electron chi connectivity index (χ0n) is 44.0. The Kier molecular flexibility index (Phi) is 11.0. The van der Waals surface area contributed by atoms with Crippen LogP contribution in [0.5, 0.6) is 0 Å². The number of hydrogen-bond acceptors (Lipinski definition) is 4. The fraction of sp³-hybridized carbons (Fsp3) is 0.0130. The van der Waals surface area contributed by atoms with Gasteiger partial charge in [0.05, 0.1) is 11.1 Å². The van der Waals surface area contributed by atoms with Crippen LogP contribution in [-0.2, 0) is 5.41 Å². The molecule has 0 saturated heterocycles. The Hall–Kier alpha value is -10.3. The molecule has 1 aliphatic rings. The molecule has 0 aliphatic heterocycles. The van der Waals surface area contributed by atoms with E-state index in [2.05, 4.69) is 290 Å². The lowest BCUT2D eigenvalue weighted by molar-refractivity contribution is 0.669. The molecule has 0 fully saturated rings. The standard InChI is InChI=1S/C77H49NO2S/c1-5-20-50(21-6-1)51-38-40-55(41-39-51)75-70(54-22-7-2-8-23-54)72-76(81-75)66-34-19-35-67(71(66)77(72,56-24-9-3-10-25-56)57-26-11-4-12-27-57)78(58-46-42-52(43-47-58)60-30-17-32-64-62-28-13-15-36-68(62)79-73(60)64)59-48-44-53(45-49-59)61-31-18-33-65-63-29-14-16-37-69(63)80-74(61)65/h1-49H. The second-order valence-electron chi connectivity index (χ2n) is 21.0. The van der Waals surface area contributed by atoms with E-state index in [1.54, 1.807) is 0 Å². The average Bonchev–Trinajstić information content (AvgIpc) is 4.38. The summed E-state index contributed by atoms with van der Waals surface area (Å²) < 4.78 is 13.2. The topological polar surface area (TPSA) is 29.5 Å². The van der Waals surface area contributed by atoms with E-state index in [1.807, 2.05) is 23.5 Å². The summed E-state index contributed by atoms with van der Waals surface area (Å²) in [5.74, 6) is 0. The minimum absolute atomic E-state index is 0.778. The van der Waals surface area contributed by atoms with Crippen LogP contribution in [0.25, 0.3) is 109 Å². The van der Waals surface area contributed by atoms with Crippen LogP contribution < -0.4 is 4.90 Å². The van der Waals surface area contributed by atoms with Crippen LogP contribution in [0, 0.1) is 0 Å². The molecular weight excluding hydrogens is 1000 g/mol. The minimum atomic E-state index is -0.778. The molecular formula is C77H49NO2S. The zero-order chi connectivity index (χ0) is 53.4. The van der Waals surface area contributed by atoms with Gasteiger partial charge in [-0.2, -0.15) is 0 Å². The van der Waals surface area contributed by atoms with Gasteiger partial charge in [0.15, 0.2) is 0 Å². The van der Waals surface area contributed by atoms with Gasteiger partial charge in [0.1, 0.15) is 22.3 Å². The Bertz CT molecular complexity index is 4630. The van der Waals surface area contributed by atoms with Gasteiger partial charge in [0.25, 0.3) is 0 Å². The van der Waals surface area contributed by atoms with Crippen LogP contribution in [0.2, 0.25) is 0 Å². The Morgan fingerprint density at radius 3 is 1.22 bits per heavy atom. The molecule has 1 aliphatic carbocycles. The number of hydrogen-bond donors (Lipinski definition) is 0. The summed E-state index contributed by atoms with van der Waals surface area (Å²) in [6.07, 6.45) is 0. The Morgan fingerprint density at radius 2 is 0.691 bits per heavy atom. The van der Waals surface area contributed by atoms with Crippen LogP contribution in [-0.4, -0.2) is 0 Å². The predicted octanol–water partition coefficient (Wildman–Crippen LogP) is 21.7. The van der Waals surface area contributed by atoms with Crippen molar-refractivity contribution in [2.45, 2.75) is 5.41 Å². The second-order valence-corrected chi connectivity index (χ2v) is 22.0. The van der Waals surface area contributed by atoms with E-state index in [4.69, 9.17) is 8.83 Å². The minimum Gasteiger partial charge on any atom is -0.455 e. The SMILES string of the molecule is c1ccc(-c2ccc(-c3sc4c(c3-c3ccccc3)C(c3ccccc3)(c3ccccc3)c3c-4cccc3N(c3ccc(-c4cccc5c4oc4ccccc45)cc3)c3ccc(-c4cccc5c4oc4ccccc45)cc3)cc2)cc1. The molecule has 3 heterocycles. The van der Waals surface area contributed by atoms with Gasteiger partial charge in [-0.05, 0) is 98.1 Å². The van der Waals surface area contributed by atoms with Crippen molar-refractivity contribution < 1.29 is 8.83 Å². The average molecular weight is 1050 g/mol. The van der Waals surface area contributed by atoms with E-state index >= 15 is 0 Å². The number of anilines is 3. The summed E-state index contributed by atoms with van der Waals surface area (Å²) in [5, 5.41) is 4.46. The van der Waals surface area contributed by atoms with Crippen molar-refractivity contribution in [2.24, 2.45) is 0 Å². The lowest BCUT2D eigenvalue weighted by Gasteiger charge is -2.38. The maximum atomic E-state index is 6.61. The molecule has 4 heteroatoms. The maximum Gasteiger partial charge on any atom is 0.143 e. The van der Waals surface area contributed by atoms with Gasteiger partial charge in [-0.1, -0.05) is 255 Å². The molecule has 0 bridgehead atoms. The highest BCUT2D eigenvalue weighted by Crippen LogP contribution is 2.66. The molecule has 0 saturated carbocycles. The van der Waals surface area contributed by atoms with Crippen molar-refractivity contribution >= 4 is 72.3 Å². The van der Waals surface area contributed by atoms with Gasteiger partial charge in [-0.25, -0.2) is 0 Å². The molecule has 380 valence electrons. The maximum absolute atomic E-state index is 6.61. The van der Waals surface area contributed by atoms with Gasteiger partial charge in [0, 0.05) is 64.9 Å². The number of rotatable bonds is 10. The molecule has 0 N–H and O–H groups in total. The highest BCUT2D eigenvalue weighted by atomic mass is 32.1. The van der Waals surface area contributed by atoms with Crippen LogP contribution in [0.15, 0.2) is 306 Å². The third-order valence-corrected chi connectivity index (χ3v) is 17.9. The van der Waals surface area contributed by atoms with E-state index < -0.39 is 5.41 Å². The van der Waals surface area contributed by atoms with Gasteiger partial charge in [-0.15, -0.1) is 11.3 Å². The molecule has 3 nitrogen and oxygen atoms in total. The molecule has 0 unspecified atom stereocenters. The fourth-order valence-electron chi connectivity index (χ4n) is 13.0. The number of para-hydroxylation sites is 4. The first-order chi connectivity index (χ1) is 40.2. The summed E-state index contributed by atoms with van der Waals surface area (Å²) in [4.78, 5) is 5.00. The first-order valence-corrected chi connectivity index (χ1v) is 28.5. The van der Waals surface area contributed by atoms with Crippen LogP contribution in [0.4, 0.5) is 17.1 Å². The molecule has 12 aromatic carbocycles. The third kappa shape index (κ3) is 7.42. The van der Waals surface area contributed by atoms with Gasteiger partial charge < -0.3 is 13.7 Å². The molecule has 16 rings (SSSR count). The number of fused-ring (bicyclic) bond motifs is 9. The highest BCUT2D eigenvalue weighted by Gasteiger charge is 2.52. The first kappa shape index (κ1) is 46.8. The monoisotopic (exact) mass is 1050 g/mol. The second kappa shape index (κ2) is 19.0. The largest absolute Gasteiger partial charge is 0.455 e. The van der Waals surface area contributed by atoms with Crippen molar-refractivity contribution in [3.05, 3.63) is 320 Å². The number of thiophene rings is 1. The van der Waals surface area contributed by atoms with E-state index in [0.717, 1.165) is 83.2 Å². The van der Waals surface area contributed by atoms with Crippen LogP contribution in [0.3, 0.4) is 0 Å². The molecule has 15 aromatic rings. The molecule has 0 radical (unpaired) electrons. The van der Waals surface area contributed by atoms with Gasteiger partial charge in [0.2, 0.25) is 0 Å². The zero-order valence-corrected chi connectivity index (χ0v) is 44.8. The van der Waals surface area contributed by atoms with Gasteiger partial charge >= 0.3 is 0 Å². The molecule has 3 aromatic heterocycles. The van der Waals surface area contributed by atoms with Crippen molar-refractivity contribution in [2.75, 3.05) is 4.90 Å². The van der Waals surface area contributed by atoms with Crippen molar-refractivity contribution in [3.8, 4) is 65.4 Å². The van der Waals surface area contributed by atoms with E-state index in [9.17, 15) is 0 Å². The summed E-state index contributed by atoms with van der Waals surface area (Å²) >= 11 is 1.91. The number of benzene rings is 12. The lowest BCUT2D eigenvalue weighted by atomic mass is 9.65. The van der Waals surface area contributed by atoms with E-state index in [1.165, 1.54) is 65.4 Å². The summed E-state index contributed by atoms with van der Waals surface area (Å²) in [7, 11) is 0. The Morgan fingerprint density at radius 1 is 0.284 bits per heavy atom. The summed E-state index contributed by atoms with van der Waals surface area (Å²) in [6.45, 7) is 0. The fourth-order valence-corrected chi connectivity index (χ4v) is 14.4. The lowest BCUT2D eigenvalue weighted by Crippen LogP contribution is -2.31.